The number of nitrogens with zero attached hydrogens (tertiary/aromatic N) is 3. The highest BCUT2D eigenvalue weighted by Gasteiger charge is 2.29. The molecule has 1 saturated heterocycles. The van der Waals surface area contributed by atoms with Gasteiger partial charge in [-0.15, -0.1) is 0 Å². The standard InChI is InChI=1S/C16H18N4O2S/c1-9-5-14(21)18-19-15(9)10-3-4-12-13(6-10)23-16(17-12)20-7-11(8-20)22-2/h3-4,6,9,11H,5,7-8H2,1-2H3,(H,18,21). The summed E-state index contributed by atoms with van der Waals surface area (Å²) >= 11 is 1.69. The van der Waals surface area contributed by atoms with Crippen molar-refractivity contribution >= 4 is 38.3 Å². The fraction of sp³-hybridized carbons (Fsp3) is 0.438. The maximum Gasteiger partial charge on any atom is 0.240 e. The van der Waals surface area contributed by atoms with E-state index in [0.717, 1.165) is 39.7 Å². The quantitative estimate of drug-likeness (QED) is 0.935. The lowest BCUT2D eigenvalue weighted by Gasteiger charge is -2.37. The lowest BCUT2D eigenvalue weighted by Crippen LogP contribution is -2.51. The molecule has 4 rings (SSSR count). The minimum absolute atomic E-state index is 0.0205. The van der Waals surface area contributed by atoms with Crippen LogP contribution < -0.4 is 10.3 Å². The van der Waals surface area contributed by atoms with Crippen molar-refractivity contribution in [1.29, 1.82) is 0 Å². The predicted molar refractivity (Wildman–Crippen MR) is 91.1 cm³/mol. The third-order valence-corrected chi connectivity index (χ3v) is 5.46. The van der Waals surface area contributed by atoms with Crippen LogP contribution in [0.1, 0.15) is 18.9 Å². The highest BCUT2D eigenvalue weighted by atomic mass is 32.1. The molecule has 1 unspecified atom stereocenters. The fourth-order valence-corrected chi connectivity index (χ4v) is 3.98. The zero-order valence-corrected chi connectivity index (χ0v) is 13.9. The van der Waals surface area contributed by atoms with Gasteiger partial charge < -0.3 is 9.64 Å². The van der Waals surface area contributed by atoms with Gasteiger partial charge in [-0.3, -0.25) is 4.79 Å². The Balaban J connectivity index is 1.62. The van der Waals surface area contributed by atoms with Crippen LogP contribution >= 0.6 is 11.3 Å². The van der Waals surface area contributed by atoms with Crippen LogP contribution in [0.3, 0.4) is 0 Å². The van der Waals surface area contributed by atoms with Crippen molar-refractivity contribution in [2.45, 2.75) is 19.4 Å². The number of carbonyl (C=O) groups excluding carboxylic acids is 1. The van der Waals surface area contributed by atoms with Crippen LogP contribution in [0.4, 0.5) is 5.13 Å². The molecule has 0 aliphatic carbocycles. The van der Waals surface area contributed by atoms with Gasteiger partial charge in [0.1, 0.15) is 0 Å². The van der Waals surface area contributed by atoms with E-state index in [1.54, 1.807) is 18.4 Å². The Bertz CT molecular complexity index is 794. The highest BCUT2D eigenvalue weighted by molar-refractivity contribution is 7.22. The number of fused-ring (bicyclic) bond motifs is 1. The average Bonchev–Trinajstić information content (AvgIpc) is 2.88. The van der Waals surface area contributed by atoms with Gasteiger partial charge in [-0.05, 0) is 17.7 Å². The molecular weight excluding hydrogens is 312 g/mol. The van der Waals surface area contributed by atoms with Crippen molar-refractivity contribution in [2.75, 3.05) is 25.1 Å². The number of hydrogen-bond acceptors (Lipinski definition) is 6. The van der Waals surface area contributed by atoms with E-state index < -0.39 is 0 Å². The van der Waals surface area contributed by atoms with E-state index in [2.05, 4.69) is 21.5 Å². The number of benzene rings is 1. The number of hydrazone groups is 1. The third-order valence-electron chi connectivity index (χ3n) is 4.38. The normalized spacial score (nSPS) is 22.0. The molecule has 2 aromatic rings. The molecule has 1 N–H and O–H groups in total. The van der Waals surface area contributed by atoms with Crippen molar-refractivity contribution in [3.63, 3.8) is 0 Å². The van der Waals surface area contributed by atoms with E-state index in [1.165, 1.54) is 0 Å². The van der Waals surface area contributed by atoms with Crippen LogP contribution in [0.5, 0.6) is 0 Å². The Morgan fingerprint density at radius 3 is 2.96 bits per heavy atom. The molecule has 2 aliphatic heterocycles. The molecular formula is C16H18N4O2S. The average molecular weight is 330 g/mol. The van der Waals surface area contributed by atoms with E-state index in [-0.39, 0.29) is 11.8 Å². The number of amides is 1. The van der Waals surface area contributed by atoms with Gasteiger partial charge in [0.05, 0.1) is 22.0 Å². The molecule has 0 radical (unpaired) electrons. The Morgan fingerprint density at radius 1 is 1.39 bits per heavy atom. The van der Waals surface area contributed by atoms with E-state index in [1.807, 2.05) is 19.1 Å². The molecule has 0 bridgehead atoms. The summed E-state index contributed by atoms with van der Waals surface area (Å²) in [6, 6.07) is 6.19. The fourth-order valence-electron chi connectivity index (χ4n) is 2.95. The Morgan fingerprint density at radius 2 is 2.22 bits per heavy atom. The summed E-state index contributed by atoms with van der Waals surface area (Å²) in [4.78, 5) is 18.3. The van der Waals surface area contributed by atoms with Crippen LogP contribution in [0.25, 0.3) is 10.2 Å². The number of anilines is 1. The topological polar surface area (TPSA) is 66.8 Å². The molecule has 1 aromatic heterocycles. The van der Waals surface area contributed by atoms with Gasteiger partial charge in [0, 0.05) is 32.5 Å². The summed E-state index contributed by atoms with van der Waals surface area (Å²) in [6.45, 7) is 3.84. The van der Waals surface area contributed by atoms with Gasteiger partial charge in [0.25, 0.3) is 0 Å². The van der Waals surface area contributed by atoms with Gasteiger partial charge in [0.15, 0.2) is 5.13 Å². The third kappa shape index (κ3) is 2.60. The molecule has 23 heavy (non-hydrogen) atoms. The van der Waals surface area contributed by atoms with Gasteiger partial charge in [-0.2, -0.15) is 5.10 Å². The first-order valence-electron chi connectivity index (χ1n) is 7.69. The smallest absolute Gasteiger partial charge is 0.240 e. The number of carbonyl (C=O) groups is 1. The Hall–Kier alpha value is -1.99. The van der Waals surface area contributed by atoms with Crippen molar-refractivity contribution < 1.29 is 9.53 Å². The lowest BCUT2D eigenvalue weighted by atomic mass is 9.94. The zero-order chi connectivity index (χ0) is 16.0. The summed E-state index contributed by atoms with van der Waals surface area (Å²) in [5.41, 5.74) is 5.57. The van der Waals surface area contributed by atoms with Gasteiger partial charge in [-0.25, -0.2) is 10.4 Å². The minimum Gasteiger partial charge on any atom is -0.378 e. The Kier molecular flexibility index (Phi) is 3.54. The molecule has 1 amide bonds. The van der Waals surface area contributed by atoms with Crippen LogP contribution in [0, 0.1) is 5.92 Å². The summed E-state index contributed by atoms with van der Waals surface area (Å²) in [6.07, 6.45) is 0.801. The molecule has 7 heteroatoms. The second-order valence-corrected chi connectivity index (χ2v) is 7.09. The first-order valence-corrected chi connectivity index (χ1v) is 8.51. The van der Waals surface area contributed by atoms with E-state index >= 15 is 0 Å². The largest absolute Gasteiger partial charge is 0.378 e. The maximum absolute atomic E-state index is 11.4. The van der Waals surface area contributed by atoms with Crippen LogP contribution in [0.2, 0.25) is 0 Å². The van der Waals surface area contributed by atoms with Crippen LogP contribution in [0.15, 0.2) is 23.3 Å². The van der Waals surface area contributed by atoms with Crippen molar-refractivity contribution in [3.05, 3.63) is 23.8 Å². The van der Waals surface area contributed by atoms with Gasteiger partial charge in [0.2, 0.25) is 5.91 Å². The maximum atomic E-state index is 11.4. The van der Waals surface area contributed by atoms with Gasteiger partial charge in [-0.1, -0.05) is 24.3 Å². The first kappa shape index (κ1) is 14.6. The lowest BCUT2D eigenvalue weighted by molar-refractivity contribution is -0.121. The first-order chi connectivity index (χ1) is 11.1. The predicted octanol–water partition coefficient (Wildman–Crippen LogP) is 1.99. The van der Waals surface area contributed by atoms with Crippen LogP contribution in [-0.2, 0) is 9.53 Å². The molecule has 0 saturated carbocycles. The zero-order valence-electron chi connectivity index (χ0n) is 13.1. The Labute approximate surface area is 138 Å². The number of rotatable bonds is 3. The molecule has 120 valence electrons. The van der Waals surface area contributed by atoms with E-state index in [0.29, 0.717) is 12.5 Å². The second-order valence-electron chi connectivity index (χ2n) is 6.08. The van der Waals surface area contributed by atoms with Crippen LogP contribution in [-0.4, -0.2) is 42.9 Å². The monoisotopic (exact) mass is 330 g/mol. The summed E-state index contributed by atoms with van der Waals surface area (Å²) in [5, 5.41) is 5.27. The van der Waals surface area contributed by atoms with E-state index in [4.69, 9.17) is 9.72 Å². The number of aromatic nitrogens is 1. The summed E-state index contributed by atoms with van der Waals surface area (Å²) in [5.74, 6) is 0.110. The SMILES string of the molecule is COC1CN(c2nc3ccc(C4=NNC(=O)CC4C)cc3s2)C1. The molecule has 3 heterocycles. The number of methoxy groups -OCH3 is 1. The second kappa shape index (κ2) is 5.58. The molecule has 2 aliphatic rings. The molecule has 1 aromatic carbocycles. The molecule has 6 nitrogen and oxygen atoms in total. The summed E-state index contributed by atoms with van der Waals surface area (Å²) < 4.78 is 6.46. The molecule has 0 spiro atoms. The van der Waals surface area contributed by atoms with Crippen molar-refractivity contribution in [3.8, 4) is 0 Å². The van der Waals surface area contributed by atoms with E-state index in [9.17, 15) is 4.79 Å². The highest BCUT2D eigenvalue weighted by Crippen LogP contribution is 2.33. The van der Waals surface area contributed by atoms with Crippen molar-refractivity contribution in [2.24, 2.45) is 11.0 Å². The number of thiazole rings is 1. The number of nitrogens with one attached hydrogen (secondary N) is 1. The number of ether oxygens (including phenoxy) is 1. The van der Waals surface area contributed by atoms with Gasteiger partial charge >= 0.3 is 0 Å². The molecule has 1 atom stereocenters. The summed E-state index contributed by atoms with van der Waals surface area (Å²) in [7, 11) is 1.75. The molecule has 1 fully saturated rings. The number of hydrogen-bond donors (Lipinski definition) is 1. The minimum atomic E-state index is -0.0205. The van der Waals surface area contributed by atoms with Crippen molar-refractivity contribution in [1.82, 2.24) is 10.4 Å².